The third kappa shape index (κ3) is 1.24. The van der Waals surface area contributed by atoms with Gasteiger partial charge in [-0.1, -0.05) is 30.3 Å². The quantitative estimate of drug-likeness (QED) is 0.519. The number of hydrogen-bond acceptors (Lipinski definition) is 2. The molecule has 0 amide bonds. The minimum absolute atomic E-state index is 0.543. The molecule has 3 rings (SSSR count). The molecular weight excluding hydrogens is 191 g/mol. The van der Waals surface area contributed by atoms with Crippen molar-refractivity contribution in [3.05, 3.63) is 48.5 Å². The summed E-state index contributed by atoms with van der Waals surface area (Å²) in [6.07, 6.45) is 1.14. The molecule has 0 spiro atoms. The zero-order valence-corrected chi connectivity index (χ0v) is 7.81. The van der Waals surface area contributed by atoms with Gasteiger partial charge in [-0.2, -0.15) is 4.39 Å². The minimum Gasteiger partial charge on any atom is -0.250 e. The van der Waals surface area contributed by atoms with Crippen molar-refractivity contribution in [2.75, 3.05) is 0 Å². The number of nitrogens with zero attached hydrogens (tertiary/aromatic N) is 2. The largest absolute Gasteiger partial charge is 0.250 e. The highest BCUT2D eigenvalue weighted by Gasteiger charge is 2.03. The first-order chi connectivity index (χ1) is 7.34. The SMILES string of the molecule is Fc1cnc2ccc3ccccc3c2n1. The predicted molar refractivity (Wildman–Crippen MR) is 57.0 cm³/mol. The molecule has 2 aromatic carbocycles. The van der Waals surface area contributed by atoms with Crippen LogP contribution in [0.1, 0.15) is 0 Å². The van der Waals surface area contributed by atoms with E-state index >= 15 is 0 Å². The lowest BCUT2D eigenvalue weighted by Crippen LogP contribution is -1.88. The van der Waals surface area contributed by atoms with Gasteiger partial charge in [0.1, 0.15) is 0 Å². The predicted octanol–water partition coefficient (Wildman–Crippen LogP) is 2.92. The molecule has 0 radical (unpaired) electrons. The van der Waals surface area contributed by atoms with Gasteiger partial charge >= 0.3 is 0 Å². The Labute approximate surface area is 85.4 Å². The van der Waals surface area contributed by atoms with Gasteiger partial charge in [0.05, 0.1) is 17.2 Å². The normalized spacial score (nSPS) is 11.0. The molecule has 0 unspecified atom stereocenters. The van der Waals surface area contributed by atoms with Crippen molar-refractivity contribution in [2.45, 2.75) is 0 Å². The summed E-state index contributed by atoms with van der Waals surface area (Å²) in [6.45, 7) is 0. The van der Waals surface area contributed by atoms with Gasteiger partial charge in [0.2, 0.25) is 5.95 Å². The summed E-state index contributed by atoms with van der Waals surface area (Å²) in [7, 11) is 0. The monoisotopic (exact) mass is 198 g/mol. The molecule has 3 aromatic rings. The number of benzene rings is 2. The zero-order valence-electron chi connectivity index (χ0n) is 7.81. The molecule has 2 nitrogen and oxygen atoms in total. The third-order valence-corrected chi connectivity index (χ3v) is 2.41. The van der Waals surface area contributed by atoms with Crippen LogP contribution in [0.3, 0.4) is 0 Å². The van der Waals surface area contributed by atoms with E-state index in [0.29, 0.717) is 5.52 Å². The topological polar surface area (TPSA) is 25.8 Å². The van der Waals surface area contributed by atoms with E-state index in [1.165, 1.54) is 0 Å². The van der Waals surface area contributed by atoms with Crippen LogP contribution in [0.15, 0.2) is 42.6 Å². The second kappa shape index (κ2) is 2.98. The lowest BCUT2D eigenvalue weighted by atomic mass is 10.1. The van der Waals surface area contributed by atoms with Gasteiger partial charge in [0, 0.05) is 5.39 Å². The lowest BCUT2D eigenvalue weighted by Gasteiger charge is -2.01. The van der Waals surface area contributed by atoms with Gasteiger partial charge < -0.3 is 0 Å². The van der Waals surface area contributed by atoms with Gasteiger partial charge in [-0.25, -0.2) is 9.97 Å². The smallest absolute Gasteiger partial charge is 0.231 e. The molecule has 15 heavy (non-hydrogen) atoms. The van der Waals surface area contributed by atoms with E-state index in [1.807, 2.05) is 36.4 Å². The molecule has 0 N–H and O–H groups in total. The van der Waals surface area contributed by atoms with Gasteiger partial charge in [-0.15, -0.1) is 0 Å². The number of rotatable bonds is 0. The maximum absolute atomic E-state index is 13.0. The molecule has 0 aliphatic rings. The van der Waals surface area contributed by atoms with Crippen LogP contribution in [0.5, 0.6) is 0 Å². The minimum atomic E-state index is -0.543. The van der Waals surface area contributed by atoms with Crippen molar-refractivity contribution in [1.29, 1.82) is 0 Å². The van der Waals surface area contributed by atoms with E-state index in [-0.39, 0.29) is 0 Å². The molecule has 0 atom stereocenters. The van der Waals surface area contributed by atoms with E-state index in [9.17, 15) is 4.39 Å². The fourth-order valence-corrected chi connectivity index (χ4v) is 1.72. The summed E-state index contributed by atoms with van der Waals surface area (Å²) in [6, 6.07) is 11.6. The molecule has 0 bridgehead atoms. The molecule has 1 aromatic heterocycles. The van der Waals surface area contributed by atoms with Crippen LogP contribution in [0.2, 0.25) is 0 Å². The maximum atomic E-state index is 13.0. The standard InChI is InChI=1S/C12H7FN2/c13-11-7-14-10-6-5-8-3-1-2-4-9(8)12(10)15-11/h1-7H. The number of halogens is 1. The first-order valence-electron chi connectivity index (χ1n) is 4.64. The summed E-state index contributed by atoms with van der Waals surface area (Å²) in [4.78, 5) is 7.87. The van der Waals surface area contributed by atoms with Crippen LogP contribution in [0.25, 0.3) is 21.8 Å². The second-order valence-electron chi connectivity index (χ2n) is 3.35. The molecule has 0 aliphatic heterocycles. The summed E-state index contributed by atoms with van der Waals surface area (Å²) in [5.41, 5.74) is 1.34. The molecule has 3 heteroatoms. The second-order valence-corrected chi connectivity index (χ2v) is 3.35. The van der Waals surface area contributed by atoms with Gasteiger partial charge in [-0.3, -0.25) is 0 Å². The molecular formula is C12H7FN2. The van der Waals surface area contributed by atoms with Crippen molar-refractivity contribution in [3.8, 4) is 0 Å². The van der Waals surface area contributed by atoms with Crippen LogP contribution >= 0.6 is 0 Å². The van der Waals surface area contributed by atoms with Crippen LogP contribution < -0.4 is 0 Å². The number of hydrogen-bond donors (Lipinski definition) is 0. The molecule has 0 saturated heterocycles. The van der Waals surface area contributed by atoms with Crippen molar-refractivity contribution in [1.82, 2.24) is 9.97 Å². The molecule has 0 saturated carbocycles. The van der Waals surface area contributed by atoms with Crippen LogP contribution in [-0.4, -0.2) is 9.97 Å². The molecule has 0 fully saturated rings. The lowest BCUT2D eigenvalue weighted by molar-refractivity contribution is 0.583. The van der Waals surface area contributed by atoms with E-state index in [4.69, 9.17) is 0 Å². The van der Waals surface area contributed by atoms with Gasteiger partial charge in [0.15, 0.2) is 0 Å². The van der Waals surface area contributed by atoms with Crippen LogP contribution in [0, 0.1) is 5.95 Å². The Kier molecular flexibility index (Phi) is 1.65. The van der Waals surface area contributed by atoms with Crippen LogP contribution in [-0.2, 0) is 0 Å². The Bertz CT molecular complexity index is 649. The first kappa shape index (κ1) is 8.29. The molecule has 0 aliphatic carbocycles. The van der Waals surface area contributed by atoms with Crippen LogP contribution in [0.4, 0.5) is 4.39 Å². The van der Waals surface area contributed by atoms with Gasteiger partial charge in [-0.05, 0) is 11.5 Å². The van der Waals surface area contributed by atoms with Crippen molar-refractivity contribution >= 4 is 21.8 Å². The Morgan fingerprint density at radius 2 is 1.87 bits per heavy atom. The Hall–Kier alpha value is -2.03. The van der Waals surface area contributed by atoms with Crippen molar-refractivity contribution < 1.29 is 4.39 Å². The summed E-state index contributed by atoms with van der Waals surface area (Å²) in [5.74, 6) is -0.543. The third-order valence-electron chi connectivity index (χ3n) is 2.41. The first-order valence-corrected chi connectivity index (χ1v) is 4.64. The number of aromatic nitrogens is 2. The zero-order chi connectivity index (χ0) is 10.3. The fourth-order valence-electron chi connectivity index (χ4n) is 1.72. The summed E-state index contributed by atoms with van der Waals surface area (Å²) in [5, 5.41) is 1.98. The summed E-state index contributed by atoms with van der Waals surface area (Å²) < 4.78 is 13.0. The Morgan fingerprint density at radius 1 is 1.00 bits per heavy atom. The summed E-state index contributed by atoms with van der Waals surface area (Å²) >= 11 is 0. The van der Waals surface area contributed by atoms with Crippen molar-refractivity contribution in [2.24, 2.45) is 0 Å². The van der Waals surface area contributed by atoms with Gasteiger partial charge in [0.25, 0.3) is 0 Å². The average molecular weight is 198 g/mol. The van der Waals surface area contributed by atoms with E-state index in [1.54, 1.807) is 0 Å². The Morgan fingerprint density at radius 3 is 2.80 bits per heavy atom. The maximum Gasteiger partial charge on any atom is 0.231 e. The fraction of sp³-hybridized carbons (Fsp3) is 0. The highest BCUT2D eigenvalue weighted by atomic mass is 19.1. The highest BCUT2D eigenvalue weighted by molar-refractivity contribution is 6.03. The van der Waals surface area contributed by atoms with Crippen molar-refractivity contribution in [3.63, 3.8) is 0 Å². The highest BCUT2D eigenvalue weighted by Crippen LogP contribution is 2.21. The van der Waals surface area contributed by atoms with E-state index in [2.05, 4.69) is 9.97 Å². The molecule has 1 heterocycles. The van der Waals surface area contributed by atoms with E-state index < -0.39 is 5.95 Å². The average Bonchev–Trinajstić information content (AvgIpc) is 2.29. The number of fused-ring (bicyclic) bond motifs is 3. The Balaban J connectivity index is 2.57. The molecule has 72 valence electrons. The van der Waals surface area contributed by atoms with E-state index in [0.717, 1.165) is 22.5 Å².